The Kier molecular flexibility index (Phi) is 5.36. The number of hydrogen-bond donors (Lipinski definition) is 0. The second kappa shape index (κ2) is 8.09. The Labute approximate surface area is 169 Å². The van der Waals surface area contributed by atoms with E-state index in [1.807, 2.05) is 41.8 Å². The van der Waals surface area contributed by atoms with Crippen LogP contribution in [0.1, 0.15) is 16.1 Å². The van der Waals surface area contributed by atoms with Crippen LogP contribution in [0.3, 0.4) is 0 Å². The Morgan fingerprint density at radius 2 is 1.76 bits per heavy atom. The Balaban J connectivity index is 1.86. The lowest BCUT2D eigenvalue weighted by molar-refractivity contribution is 0.0302. The third kappa shape index (κ3) is 3.63. The van der Waals surface area contributed by atoms with Crippen LogP contribution in [-0.4, -0.2) is 48.8 Å². The number of morpholine rings is 1. The van der Waals surface area contributed by atoms with Crippen LogP contribution in [0.5, 0.6) is 5.75 Å². The SMILES string of the molecule is COc1ccc(-c2cc(C(=O)N3CCOCC3)c(C)n2-c2ccccc2F)cc1. The summed E-state index contributed by atoms with van der Waals surface area (Å²) in [5.41, 5.74) is 3.32. The van der Waals surface area contributed by atoms with E-state index in [9.17, 15) is 9.18 Å². The number of methoxy groups -OCH3 is 1. The molecule has 5 nitrogen and oxygen atoms in total. The van der Waals surface area contributed by atoms with Gasteiger partial charge >= 0.3 is 0 Å². The van der Waals surface area contributed by atoms with Crippen molar-refractivity contribution in [3.05, 3.63) is 71.7 Å². The molecule has 1 amide bonds. The number of ether oxygens (including phenoxy) is 2. The van der Waals surface area contributed by atoms with Gasteiger partial charge in [0, 0.05) is 18.8 Å². The van der Waals surface area contributed by atoms with Crippen LogP contribution in [0.25, 0.3) is 16.9 Å². The molecule has 0 atom stereocenters. The highest BCUT2D eigenvalue weighted by Crippen LogP contribution is 2.32. The second-order valence-electron chi connectivity index (χ2n) is 6.95. The van der Waals surface area contributed by atoms with E-state index in [1.165, 1.54) is 6.07 Å². The van der Waals surface area contributed by atoms with Crippen molar-refractivity contribution >= 4 is 5.91 Å². The maximum atomic E-state index is 14.7. The molecule has 0 unspecified atom stereocenters. The number of carbonyl (C=O) groups is 1. The van der Waals surface area contributed by atoms with E-state index in [2.05, 4.69) is 0 Å². The summed E-state index contributed by atoms with van der Waals surface area (Å²) in [7, 11) is 1.61. The van der Waals surface area contributed by atoms with Gasteiger partial charge in [0.25, 0.3) is 5.91 Å². The van der Waals surface area contributed by atoms with Gasteiger partial charge in [0.2, 0.25) is 0 Å². The van der Waals surface area contributed by atoms with Crippen molar-refractivity contribution in [1.29, 1.82) is 0 Å². The van der Waals surface area contributed by atoms with Crippen LogP contribution in [0.4, 0.5) is 4.39 Å². The summed E-state index contributed by atoms with van der Waals surface area (Å²) in [6, 6.07) is 16.0. The van der Waals surface area contributed by atoms with Gasteiger partial charge in [-0.3, -0.25) is 4.79 Å². The molecule has 150 valence electrons. The van der Waals surface area contributed by atoms with Gasteiger partial charge in [0.1, 0.15) is 11.6 Å². The molecule has 0 saturated carbocycles. The lowest BCUT2D eigenvalue weighted by Gasteiger charge is -2.26. The Morgan fingerprint density at radius 3 is 2.41 bits per heavy atom. The first-order valence-electron chi connectivity index (χ1n) is 9.59. The van der Waals surface area contributed by atoms with Crippen molar-refractivity contribution in [3.8, 4) is 22.7 Å². The third-order valence-electron chi connectivity index (χ3n) is 5.26. The van der Waals surface area contributed by atoms with Gasteiger partial charge in [-0.05, 0) is 55.0 Å². The molecule has 0 aliphatic carbocycles. The number of aromatic nitrogens is 1. The molecule has 1 saturated heterocycles. The largest absolute Gasteiger partial charge is 0.497 e. The summed E-state index contributed by atoms with van der Waals surface area (Å²) >= 11 is 0. The molecule has 1 aromatic heterocycles. The standard InChI is InChI=1S/C23H23FN2O3/c1-16-19(23(27)25-11-13-29-14-12-25)15-22(17-7-9-18(28-2)10-8-17)26(16)21-6-4-3-5-20(21)24/h3-10,15H,11-14H2,1-2H3. The number of carbonyl (C=O) groups excluding carboxylic acids is 1. The number of amides is 1. The van der Waals surface area contributed by atoms with E-state index in [0.717, 1.165) is 17.0 Å². The van der Waals surface area contributed by atoms with Crippen LogP contribution in [0.2, 0.25) is 0 Å². The Hall–Kier alpha value is -3.12. The molecule has 6 heteroatoms. The van der Waals surface area contributed by atoms with Crippen molar-refractivity contribution in [2.75, 3.05) is 33.4 Å². The van der Waals surface area contributed by atoms with Crippen LogP contribution >= 0.6 is 0 Å². The number of benzene rings is 2. The fraction of sp³-hybridized carbons (Fsp3) is 0.261. The summed E-state index contributed by atoms with van der Waals surface area (Å²) < 4.78 is 27.1. The van der Waals surface area contributed by atoms with Crippen LogP contribution in [0.15, 0.2) is 54.6 Å². The van der Waals surface area contributed by atoms with E-state index in [-0.39, 0.29) is 11.7 Å². The number of hydrogen-bond acceptors (Lipinski definition) is 3. The highest BCUT2D eigenvalue weighted by Gasteiger charge is 2.25. The molecule has 3 aromatic rings. The molecule has 2 heterocycles. The average molecular weight is 394 g/mol. The summed E-state index contributed by atoms with van der Waals surface area (Å²) in [6.07, 6.45) is 0. The molecule has 2 aromatic carbocycles. The number of rotatable bonds is 4. The van der Waals surface area contributed by atoms with Crippen molar-refractivity contribution in [1.82, 2.24) is 9.47 Å². The molecular formula is C23H23FN2O3. The maximum absolute atomic E-state index is 14.7. The van der Waals surface area contributed by atoms with Gasteiger partial charge in [-0.25, -0.2) is 4.39 Å². The molecule has 4 rings (SSSR count). The van der Waals surface area contributed by atoms with Gasteiger partial charge in [-0.1, -0.05) is 12.1 Å². The summed E-state index contributed by atoms with van der Waals surface area (Å²) in [6.45, 7) is 4.03. The van der Waals surface area contributed by atoms with Gasteiger partial charge in [0.15, 0.2) is 0 Å². The lowest BCUT2D eigenvalue weighted by atomic mass is 10.1. The molecule has 0 N–H and O–H groups in total. The van der Waals surface area contributed by atoms with Gasteiger partial charge in [-0.15, -0.1) is 0 Å². The fourth-order valence-electron chi connectivity index (χ4n) is 3.68. The van der Waals surface area contributed by atoms with Crippen LogP contribution in [-0.2, 0) is 4.74 Å². The van der Waals surface area contributed by atoms with Crippen molar-refractivity contribution in [3.63, 3.8) is 0 Å². The minimum atomic E-state index is -0.341. The van der Waals surface area contributed by atoms with Crippen molar-refractivity contribution < 1.29 is 18.7 Å². The number of nitrogens with zero attached hydrogens (tertiary/aromatic N) is 2. The van der Waals surface area contributed by atoms with E-state index in [1.54, 1.807) is 30.2 Å². The molecule has 0 bridgehead atoms. The molecule has 29 heavy (non-hydrogen) atoms. The van der Waals surface area contributed by atoms with Gasteiger partial charge < -0.3 is 18.9 Å². The Morgan fingerprint density at radius 1 is 1.07 bits per heavy atom. The van der Waals surface area contributed by atoms with Gasteiger partial charge in [0.05, 0.1) is 37.3 Å². The predicted molar refractivity (Wildman–Crippen MR) is 109 cm³/mol. The molecule has 0 spiro atoms. The third-order valence-corrected chi connectivity index (χ3v) is 5.26. The molecule has 0 radical (unpaired) electrons. The van der Waals surface area contributed by atoms with E-state index >= 15 is 0 Å². The zero-order valence-corrected chi connectivity index (χ0v) is 16.5. The maximum Gasteiger partial charge on any atom is 0.255 e. The first-order valence-corrected chi connectivity index (χ1v) is 9.59. The monoisotopic (exact) mass is 394 g/mol. The fourth-order valence-corrected chi connectivity index (χ4v) is 3.68. The first kappa shape index (κ1) is 19.2. The van der Waals surface area contributed by atoms with Crippen molar-refractivity contribution in [2.24, 2.45) is 0 Å². The second-order valence-corrected chi connectivity index (χ2v) is 6.95. The molecular weight excluding hydrogens is 371 g/mol. The highest BCUT2D eigenvalue weighted by molar-refractivity contribution is 5.97. The molecule has 1 fully saturated rings. The smallest absolute Gasteiger partial charge is 0.255 e. The minimum absolute atomic E-state index is 0.0596. The zero-order valence-electron chi connectivity index (χ0n) is 16.5. The summed E-state index contributed by atoms with van der Waals surface area (Å²) in [4.78, 5) is 15.0. The van der Waals surface area contributed by atoms with Crippen LogP contribution in [0, 0.1) is 12.7 Å². The van der Waals surface area contributed by atoms with E-state index in [4.69, 9.17) is 9.47 Å². The number of para-hydroxylation sites is 1. The molecule has 1 aliphatic heterocycles. The van der Waals surface area contributed by atoms with E-state index < -0.39 is 0 Å². The topological polar surface area (TPSA) is 43.7 Å². The lowest BCUT2D eigenvalue weighted by Crippen LogP contribution is -2.40. The minimum Gasteiger partial charge on any atom is -0.497 e. The normalized spacial score (nSPS) is 14.1. The van der Waals surface area contributed by atoms with Crippen molar-refractivity contribution in [2.45, 2.75) is 6.92 Å². The predicted octanol–water partition coefficient (Wildman–Crippen LogP) is 4.07. The first-order chi connectivity index (χ1) is 14.1. The van der Waals surface area contributed by atoms with Gasteiger partial charge in [-0.2, -0.15) is 0 Å². The average Bonchev–Trinajstić information content (AvgIpc) is 3.11. The van der Waals surface area contributed by atoms with Crippen LogP contribution < -0.4 is 4.74 Å². The Bertz CT molecular complexity index is 1020. The zero-order chi connectivity index (χ0) is 20.4. The summed E-state index contributed by atoms with van der Waals surface area (Å²) in [5, 5.41) is 0. The number of halogens is 1. The highest BCUT2D eigenvalue weighted by atomic mass is 19.1. The molecule has 1 aliphatic rings. The quantitative estimate of drug-likeness (QED) is 0.670. The summed E-state index contributed by atoms with van der Waals surface area (Å²) in [5.74, 6) is 0.334. The van der Waals surface area contributed by atoms with E-state index in [0.29, 0.717) is 43.2 Å².